The van der Waals surface area contributed by atoms with Gasteiger partial charge < -0.3 is 9.47 Å². The smallest absolute Gasteiger partial charge is 0.341 e. The van der Waals surface area contributed by atoms with Gasteiger partial charge in [-0.2, -0.15) is 9.49 Å². The molecule has 0 bridgehead atoms. The molecule has 0 radical (unpaired) electrons. The lowest BCUT2D eigenvalue weighted by atomic mass is 10.1. The molecule has 2 aromatic rings. The lowest BCUT2D eigenvalue weighted by Gasteiger charge is -2.24. The first-order valence-corrected chi connectivity index (χ1v) is 8.63. The third-order valence-electron chi connectivity index (χ3n) is 4.35. The lowest BCUT2D eigenvalue weighted by molar-refractivity contribution is 0.0526. The molecule has 0 saturated carbocycles. The average molecular weight is 347 g/mol. The predicted molar refractivity (Wildman–Crippen MR) is 89.8 cm³/mol. The highest BCUT2D eigenvalue weighted by molar-refractivity contribution is 5.96. The Hall–Kier alpha value is -2.28. The van der Waals surface area contributed by atoms with Crippen LogP contribution < -0.4 is 0 Å². The van der Waals surface area contributed by atoms with Gasteiger partial charge in [-0.05, 0) is 38.3 Å². The molecule has 0 amide bonds. The number of halogens is 1. The van der Waals surface area contributed by atoms with Crippen molar-refractivity contribution < 1.29 is 18.7 Å². The number of rotatable bonds is 5. The summed E-state index contributed by atoms with van der Waals surface area (Å²) in [6.07, 6.45) is 3.62. The Kier molecular flexibility index (Phi) is 5.43. The van der Waals surface area contributed by atoms with E-state index in [4.69, 9.17) is 9.47 Å². The minimum atomic E-state index is -0.598. The number of aromatic nitrogens is 3. The standard InChI is InChI=1S/C18H22FN3O3/c1-3-12-5-6-14(17(19)21-12)16-15(18(23)25-4-2)11-20-22(16)13-7-9-24-10-8-13/h5-6,11,13H,3-4,7-10H2,1-2H3. The number of esters is 1. The van der Waals surface area contributed by atoms with E-state index in [1.54, 1.807) is 23.7 Å². The molecule has 25 heavy (non-hydrogen) atoms. The molecule has 134 valence electrons. The molecule has 0 aromatic carbocycles. The van der Waals surface area contributed by atoms with Crippen molar-refractivity contribution in [2.24, 2.45) is 0 Å². The van der Waals surface area contributed by atoms with E-state index in [9.17, 15) is 9.18 Å². The van der Waals surface area contributed by atoms with E-state index in [2.05, 4.69) is 10.1 Å². The Morgan fingerprint density at radius 3 is 2.76 bits per heavy atom. The Morgan fingerprint density at radius 2 is 2.12 bits per heavy atom. The summed E-state index contributed by atoms with van der Waals surface area (Å²) < 4.78 is 26.9. The highest BCUT2D eigenvalue weighted by Gasteiger charge is 2.27. The summed E-state index contributed by atoms with van der Waals surface area (Å²) in [6.45, 7) is 5.13. The number of carbonyl (C=O) groups is 1. The fraction of sp³-hybridized carbons (Fsp3) is 0.500. The van der Waals surface area contributed by atoms with Crippen LogP contribution in [0.4, 0.5) is 4.39 Å². The van der Waals surface area contributed by atoms with Crippen LogP contribution >= 0.6 is 0 Å². The number of carbonyl (C=O) groups excluding carboxylic acids is 1. The first kappa shape index (κ1) is 17.5. The maximum absolute atomic E-state index is 14.6. The van der Waals surface area contributed by atoms with Gasteiger partial charge in [0.2, 0.25) is 5.95 Å². The van der Waals surface area contributed by atoms with Crippen LogP contribution in [0.5, 0.6) is 0 Å². The van der Waals surface area contributed by atoms with Crippen molar-refractivity contribution in [3.05, 3.63) is 35.5 Å². The van der Waals surface area contributed by atoms with Crippen LogP contribution in [0, 0.1) is 5.95 Å². The molecule has 6 nitrogen and oxygen atoms in total. The largest absolute Gasteiger partial charge is 0.462 e. The van der Waals surface area contributed by atoms with Gasteiger partial charge in [0.1, 0.15) is 5.56 Å². The molecule has 0 N–H and O–H groups in total. The number of ether oxygens (including phenoxy) is 2. The molecule has 0 aliphatic carbocycles. The molecule has 3 heterocycles. The molecule has 2 aromatic heterocycles. The van der Waals surface area contributed by atoms with Crippen molar-refractivity contribution in [2.75, 3.05) is 19.8 Å². The van der Waals surface area contributed by atoms with Gasteiger partial charge in [-0.3, -0.25) is 4.68 Å². The Morgan fingerprint density at radius 1 is 1.36 bits per heavy atom. The summed E-state index contributed by atoms with van der Waals surface area (Å²) >= 11 is 0. The van der Waals surface area contributed by atoms with Gasteiger partial charge in [0.05, 0.1) is 30.1 Å². The zero-order chi connectivity index (χ0) is 17.8. The molecule has 1 fully saturated rings. The van der Waals surface area contributed by atoms with E-state index in [0.717, 1.165) is 12.8 Å². The van der Waals surface area contributed by atoms with Crippen molar-refractivity contribution >= 4 is 5.97 Å². The van der Waals surface area contributed by atoms with Crippen molar-refractivity contribution in [3.63, 3.8) is 0 Å². The zero-order valence-electron chi connectivity index (χ0n) is 14.5. The monoisotopic (exact) mass is 347 g/mol. The second-order valence-electron chi connectivity index (χ2n) is 5.91. The summed E-state index contributed by atoms with van der Waals surface area (Å²) in [6, 6.07) is 3.49. The lowest BCUT2D eigenvalue weighted by Crippen LogP contribution is -2.22. The van der Waals surface area contributed by atoms with Gasteiger partial charge in [0.25, 0.3) is 0 Å². The fourth-order valence-corrected chi connectivity index (χ4v) is 3.04. The third-order valence-corrected chi connectivity index (χ3v) is 4.35. The van der Waals surface area contributed by atoms with Crippen LogP contribution in [-0.4, -0.2) is 40.6 Å². The molecular formula is C18H22FN3O3. The number of hydrogen-bond acceptors (Lipinski definition) is 5. The Balaban J connectivity index is 2.10. The summed E-state index contributed by atoms with van der Waals surface area (Å²) in [5, 5.41) is 4.37. The maximum Gasteiger partial charge on any atom is 0.341 e. The van der Waals surface area contributed by atoms with Crippen LogP contribution in [0.1, 0.15) is 48.8 Å². The second kappa shape index (κ2) is 7.74. The van der Waals surface area contributed by atoms with Crippen molar-refractivity contribution in [1.29, 1.82) is 0 Å². The van der Waals surface area contributed by atoms with Gasteiger partial charge in [-0.1, -0.05) is 6.92 Å². The number of hydrogen-bond donors (Lipinski definition) is 0. The Bertz CT molecular complexity index is 754. The molecule has 1 aliphatic rings. The van der Waals surface area contributed by atoms with Gasteiger partial charge in [-0.25, -0.2) is 9.78 Å². The highest BCUT2D eigenvalue weighted by atomic mass is 19.1. The van der Waals surface area contributed by atoms with Gasteiger partial charge in [0, 0.05) is 18.9 Å². The molecule has 0 spiro atoms. The number of aryl methyl sites for hydroxylation is 1. The SMILES string of the molecule is CCOC(=O)c1cnn(C2CCOCC2)c1-c1ccc(CC)nc1F. The second-order valence-corrected chi connectivity index (χ2v) is 5.91. The van der Waals surface area contributed by atoms with E-state index in [1.165, 1.54) is 6.20 Å². The van der Waals surface area contributed by atoms with E-state index in [0.29, 0.717) is 31.0 Å². The zero-order valence-corrected chi connectivity index (χ0v) is 14.5. The number of nitrogens with zero attached hydrogens (tertiary/aromatic N) is 3. The van der Waals surface area contributed by atoms with Crippen LogP contribution in [0.25, 0.3) is 11.3 Å². The molecule has 7 heteroatoms. The molecule has 0 atom stereocenters. The molecule has 3 rings (SSSR count). The van der Waals surface area contributed by atoms with Crippen LogP contribution in [0.2, 0.25) is 0 Å². The van der Waals surface area contributed by atoms with Gasteiger partial charge in [-0.15, -0.1) is 0 Å². The molecule has 0 unspecified atom stereocenters. The van der Waals surface area contributed by atoms with Crippen LogP contribution in [-0.2, 0) is 15.9 Å². The van der Waals surface area contributed by atoms with Crippen LogP contribution in [0.15, 0.2) is 18.3 Å². The Labute approximate surface area is 146 Å². The quantitative estimate of drug-likeness (QED) is 0.614. The molecule has 1 saturated heterocycles. The molecular weight excluding hydrogens is 325 g/mol. The first-order chi connectivity index (χ1) is 12.2. The van der Waals surface area contributed by atoms with E-state index < -0.39 is 11.9 Å². The minimum absolute atomic E-state index is 0.0529. The van der Waals surface area contributed by atoms with E-state index in [-0.39, 0.29) is 23.8 Å². The van der Waals surface area contributed by atoms with Crippen molar-refractivity contribution in [3.8, 4) is 11.3 Å². The topological polar surface area (TPSA) is 66.2 Å². The predicted octanol–water partition coefficient (Wildman–Crippen LogP) is 3.17. The normalized spacial score (nSPS) is 15.3. The first-order valence-electron chi connectivity index (χ1n) is 8.63. The maximum atomic E-state index is 14.6. The van der Waals surface area contributed by atoms with Gasteiger partial charge >= 0.3 is 5.97 Å². The number of pyridine rings is 1. The minimum Gasteiger partial charge on any atom is -0.462 e. The van der Waals surface area contributed by atoms with E-state index >= 15 is 0 Å². The van der Waals surface area contributed by atoms with Crippen LogP contribution in [0.3, 0.4) is 0 Å². The summed E-state index contributed by atoms with van der Waals surface area (Å²) in [5.74, 6) is -1.10. The average Bonchev–Trinajstić information content (AvgIpc) is 3.07. The van der Waals surface area contributed by atoms with Crippen molar-refractivity contribution in [1.82, 2.24) is 14.8 Å². The van der Waals surface area contributed by atoms with Crippen molar-refractivity contribution in [2.45, 2.75) is 39.2 Å². The summed E-state index contributed by atoms with van der Waals surface area (Å²) in [7, 11) is 0. The van der Waals surface area contributed by atoms with E-state index in [1.807, 2.05) is 6.92 Å². The molecule has 1 aliphatic heterocycles. The summed E-state index contributed by atoms with van der Waals surface area (Å²) in [5.41, 5.74) is 1.62. The summed E-state index contributed by atoms with van der Waals surface area (Å²) in [4.78, 5) is 16.3. The fourth-order valence-electron chi connectivity index (χ4n) is 3.04. The third kappa shape index (κ3) is 3.56. The highest BCUT2D eigenvalue weighted by Crippen LogP contribution is 2.32. The van der Waals surface area contributed by atoms with Gasteiger partial charge in [0.15, 0.2) is 0 Å².